The highest BCUT2D eigenvalue weighted by Crippen LogP contribution is 2.19. The molecule has 3 aromatic rings. The van der Waals surface area contributed by atoms with Gasteiger partial charge in [-0.25, -0.2) is 0 Å². The molecule has 0 saturated heterocycles. The van der Waals surface area contributed by atoms with Gasteiger partial charge in [0.15, 0.2) is 0 Å². The molecule has 0 unspecified atom stereocenters. The van der Waals surface area contributed by atoms with Gasteiger partial charge in [-0.15, -0.1) is 0 Å². The maximum atomic E-state index is 13.1. The lowest BCUT2D eigenvalue weighted by molar-refractivity contribution is -0.127. The van der Waals surface area contributed by atoms with Crippen molar-refractivity contribution in [3.8, 4) is 0 Å². The molecule has 3 aromatic carbocycles. The van der Waals surface area contributed by atoms with Gasteiger partial charge in [-0.05, 0) is 67.1 Å². The molecular weight excluding hydrogens is 412 g/mol. The number of fused-ring (bicyclic) bond motifs is 1. The molecule has 0 spiro atoms. The fraction of sp³-hybridized carbons (Fsp3) is 0.333. The Kier molecular flexibility index (Phi) is 9.42. The first kappa shape index (κ1) is 24.4. The van der Waals surface area contributed by atoms with Crippen LogP contribution in [0.2, 0.25) is 0 Å². The molecule has 0 aliphatic carbocycles. The first-order valence-corrected chi connectivity index (χ1v) is 11.7. The number of aryl methyl sites for hydroxylation is 1. The monoisotopic (exact) mass is 446 g/mol. The zero-order chi connectivity index (χ0) is 23.5. The van der Waals surface area contributed by atoms with Gasteiger partial charge in [-0.1, -0.05) is 67.1 Å². The molecule has 3 rings (SSSR count). The molecule has 0 aromatic heterocycles. The normalized spacial score (nSPS) is 12.8. The van der Waals surface area contributed by atoms with Crippen molar-refractivity contribution in [2.45, 2.75) is 50.6 Å². The maximum Gasteiger partial charge on any atom is 0.246 e. The molecule has 2 atom stereocenters. The van der Waals surface area contributed by atoms with E-state index in [2.05, 4.69) is 22.8 Å². The third-order valence-corrected chi connectivity index (χ3v) is 5.76. The van der Waals surface area contributed by atoms with E-state index in [1.165, 1.54) is 5.56 Å². The minimum Gasteiger partial charge on any atom is -0.343 e. The predicted octanol–water partition coefficient (Wildman–Crippen LogP) is 3.74. The average molecular weight is 447 g/mol. The second-order valence-corrected chi connectivity index (χ2v) is 8.38. The summed E-state index contributed by atoms with van der Waals surface area (Å²) in [4.78, 5) is 25.7. The molecule has 6 nitrogen and oxygen atoms in total. The summed E-state index contributed by atoms with van der Waals surface area (Å²) in [7, 11) is 0. The number of rotatable bonds is 12. The molecule has 174 valence electrons. The highest BCUT2D eigenvalue weighted by molar-refractivity contribution is 5.99. The van der Waals surface area contributed by atoms with E-state index in [1.807, 2.05) is 60.7 Å². The molecule has 0 radical (unpaired) electrons. The Morgan fingerprint density at radius 2 is 1.52 bits per heavy atom. The molecule has 0 saturated carbocycles. The topological polar surface area (TPSA) is 110 Å². The third-order valence-electron chi connectivity index (χ3n) is 5.76. The van der Waals surface area contributed by atoms with Crippen LogP contribution in [0.15, 0.2) is 72.8 Å². The van der Waals surface area contributed by atoms with Crippen LogP contribution in [0.25, 0.3) is 10.8 Å². The Morgan fingerprint density at radius 3 is 2.27 bits per heavy atom. The van der Waals surface area contributed by atoms with Crippen molar-refractivity contribution < 1.29 is 9.59 Å². The second kappa shape index (κ2) is 12.7. The van der Waals surface area contributed by atoms with Crippen LogP contribution < -0.4 is 22.1 Å². The summed E-state index contributed by atoms with van der Waals surface area (Å²) in [6, 6.07) is 22.7. The average Bonchev–Trinajstić information content (AvgIpc) is 2.84. The minimum absolute atomic E-state index is 0.232. The smallest absolute Gasteiger partial charge is 0.246 e. The van der Waals surface area contributed by atoms with Crippen LogP contribution in [-0.4, -0.2) is 30.4 Å². The van der Waals surface area contributed by atoms with Crippen molar-refractivity contribution in [1.82, 2.24) is 5.32 Å². The van der Waals surface area contributed by atoms with E-state index in [-0.39, 0.29) is 11.8 Å². The van der Waals surface area contributed by atoms with Gasteiger partial charge in [0.1, 0.15) is 6.04 Å². The molecule has 2 amide bonds. The van der Waals surface area contributed by atoms with E-state index in [9.17, 15) is 9.59 Å². The Balaban J connectivity index is 1.63. The lowest BCUT2D eigenvalue weighted by Gasteiger charge is -2.21. The fourth-order valence-electron chi connectivity index (χ4n) is 3.84. The van der Waals surface area contributed by atoms with Crippen LogP contribution in [-0.2, 0) is 16.0 Å². The molecule has 0 fully saturated rings. The number of unbranched alkanes of at least 4 members (excludes halogenated alkanes) is 1. The van der Waals surface area contributed by atoms with Gasteiger partial charge >= 0.3 is 0 Å². The highest BCUT2D eigenvalue weighted by atomic mass is 16.2. The number of anilines is 1. The minimum atomic E-state index is -0.672. The van der Waals surface area contributed by atoms with Crippen LogP contribution in [0.3, 0.4) is 0 Å². The van der Waals surface area contributed by atoms with Crippen LogP contribution >= 0.6 is 0 Å². The summed E-state index contributed by atoms with van der Waals surface area (Å²) in [6.07, 6.45) is 4.38. The number of amides is 2. The second-order valence-electron chi connectivity index (χ2n) is 8.38. The summed E-state index contributed by atoms with van der Waals surface area (Å²) in [5, 5.41) is 7.98. The van der Waals surface area contributed by atoms with Crippen molar-refractivity contribution >= 4 is 28.3 Å². The molecule has 33 heavy (non-hydrogen) atoms. The van der Waals surface area contributed by atoms with Crippen molar-refractivity contribution in [3.63, 3.8) is 0 Å². The Labute approximate surface area is 195 Å². The predicted molar refractivity (Wildman–Crippen MR) is 135 cm³/mol. The standard InChI is InChI=1S/C27H34N4O2/c28-18-8-14-24(29)26(32)31-25(15-7-4-11-20-9-2-1-3-10-20)27(33)30-23-17-16-21-12-5-6-13-22(21)19-23/h1-3,5-6,9-10,12-13,16-17,19,24-25H,4,7-8,11,14-15,18,28-29H2,(H,30,33)(H,31,32)/t24-,25+/m1/s1. The van der Waals surface area contributed by atoms with Gasteiger partial charge in [0.2, 0.25) is 11.8 Å². The third kappa shape index (κ3) is 7.70. The highest BCUT2D eigenvalue weighted by Gasteiger charge is 2.23. The summed E-state index contributed by atoms with van der Waals surface area (Å²) in [5.74, 6) is -0.547. The number of carbonyl (C=O) groups excluding carboxylic acids is 2. The Hall–Kier alpha value is -3.22. The van der Waals surface area contributed by atoms with Gasteiger partial charge in [-0.2, -0.15) is 0 Å². The summed E-state index contributed by atoms with van der Waals surface area (Å²) < 4.78 is 0. The summed E-state index contributed by atoms with van der Waals surface area (Å²) >= 11 is 0. The Morgan fingerprint density at radius 1 is 0.788 bits per heavy atom. The molecular formula is C27H34N4O2. The Bertz CT molecular complexity index is 1040. The van der Waals surface area contributed by atoms with Crippen molar-refractivity contribution in [2.75, 3.05) is 11.9 Å². The first-order chi connectivity index (χ1) is 16.1. The van der Waals surface area contributed by atoms with Gasteiger partial charge in [-0.3, -0.25) is 9.59 Å². The number of nitrogens with two attached hydrogens (primary N) is 2. The molecule has 6 heteroatoms. The number of hydrogen-bond acceptors (Lipinski definition) is 4. The van der Waals surface area contributed by atoms with Crippen LogP contribution in [0.4, 0.5) is 5.69 Å². The fourth-order valence-corrected chi connectivity index (χ4v) is 3.84. The molecule has 0 bridgehead atoms. The van der Waals surface area contributed by atoms with Crippen molar-refractivity contribution in [3.05, 3.63) is 78.4 Å². The van der Waals surface area contributed by atoms with E-state index < -0.39 is 12.1 Å². The van der Waals surface area contributed by atoms with Crippen LogP contribution in [0, 0.1) is 0 Å². The maximum absolute atomic E-state index is 13.1. The number of nitrogens with one attached hydrogen (secondary N) is 2. The van der Waals surface area contributed by atoms with Gasteiger partial charge in [0.05, 0.1) is 6.04 Å². The zero-order valence-corrected chi connectivity index (χ0v) is 19.0. The van der Waals surface area contributed by atoms with E-state index >= 15 is 0 Å². The van der Waals surface area contributed by atoms with Gasteiger partial charge < -0.3 is 22.1 Å². The largest absolute Gasteiger partial charge is 0.343 e. The number of carbonyl (C=O) groups is 2. The zero-order valence-electron chi connectivity index (χ0n) is 19.0. The van der Waals surface area contributed by atoms with Gasteiger partial charge in [0.25, 0.3) is 0 Å². The van der Waals surface area contributed by atoms with Crippen LogP contribution in [0.1, 0.15) is 37.7 Å². The van der Waals surface area contributed by atoms with E-state index in [4.69, 9.17) is 11.5 Å². The molecule has 6 N–H and O–H groups in total. The lowest BCUT2D eigenvalue weighted by Crippen LogP contribution is -2.50. The number of benzene rings is 3. The van der Waals surface area contributed by atoms with Crippen molar-refractivity contribution in [2.24, 2.45) is 11.5 Å². The SMILES string of the molecule is NCCC[C@@H](N)C(=O)N[C@@H](CCCCc1ccccc1)C(=O)Nc1ccc2ccccc2c1. The molecule has 0 heterocycles. The summed E-state index contributed by atoms with van der Waals surface area (Å²) in [5.41, 5.74) is 13.5. The van der Waals surface area contributed by atoms with Crippen LogP contribution in [0.5, 0.6) is 0 Å². The van der Waals surface area contributed by atoms with Gasteiger partial charge in [0, 0.05) is 5.69 Å². The molecule has 0 aliphatic rings. The lowest BCUT2D eigenvalue weighted by atomic mass is 10.0. The summed E-state index contributed by atoms with van der Waals surface area (Å²) in [6.45, 7) is 0.479. The molecule has 0 aliphatic heterocycles. The van der Waals surface area contributed by atoms with E-state index in [0.29, 0.717) is 31.5 Å². The quantitative estimate of drug-likeness (QED) is 0.318. The van der Waals surface area contributed by atoms with E-state index in [0.717, 1.165) is 30.0 Å². The van der Waals surface area contributed by atoms with E-state index in [1.54, 1.807) is 0 Å². The first-order valence-electron chi connectivity index (χ1n) is 11.7. The number of hydrogen-bond donors (Lipinski definition) is 4. The van der Waals surface area contributed by atoms with Crippen molar-refractivity contribution in [1.29, 1.82) is 0 Å².